The molecule has 7 heteroatoms. The molecule has 1 saturated heterocycles. The number of nitrogens with zero attached hydrogens (tertiary/aromatic N) is 2. The molecule has 166 valence electrons. The Balaban J connectivity index is 1.76. The van der Waals surface area contributed by atoms with Crippen LogP contribution in [0.25, 0.3) is 0 Å². The zero-order chi connectivity index (χ0) is 22.2. The van der Waals surface area contributed by atoms with Crippen LogP contribution in [0.5, 0.6) is 0 Å². The Morgan fingerprint density at radius 3 is 2.35 bits per heavy atom. The maximum Gasteiger partial charge on any atom is 0.340 e. The van der Waals surface area contributed by atoms with Crippen molar-refractivity contribution in [3.05, 3.63) is 59.2 Å². The zero-order valence-electron chi connectivity index (χ0n) is 18.5. The van der Waals surface area contributed by atoms with E-state index in [2.05, 4.69) is 29.0 Å². The van der Waals surface area contributed by atoms with Crippen LogP contribution in [0.2, 0.25) is 0 Å². The smallest absolute Gasteiger partial charge is 0.340 e. The van der Waals surface area contributed by atoms with E-state index in [-0.39, 0.29) is 5.91 Å². The van der Waals surface area contributed by atoms with Crippen LogP contribution in [-0.2, 0) is 16.0 Å². The Morgan fingerprint density at radius 2 is 1.74 bits per heavy atom. The Kier molecular flexibility index (Phi) is 8.03. The second-order valence-electron chi connectivity index (χ2n) is 7.43. The molecule has 1 amide bonds. The predicted molar refractivity (Wildman–Crippen MR) is 122 cm³/mol. The van der Waals surface area contributed by atoms with E-state index in [1.165, 1.54) is 7.11 Å². The largest absolute Gasteiger partial charge is 0.465 e. The monoisotopic (exact) mass is 425 g/mol. The summed E-state index contributed by atoms with van der Waals surface area (Å²) in [6.45, 7) is 9.89. The minimum absolute atomic E-state index is 0.265. The van der Waals surface area contributed by atoms with Crippen molar-refractivity contribution in [3.8, 4) is 0 Å². The summed E-state index contributed by atoms with van der Waals surface area (Å²) in [5, 5.41) is 2.86. The molecule has 0 spiro atoms. The molecule has 0 aromatic heterocycles. The van der Waals surface area contributed by atoms with Gasteiger partial charge in [-0.3, -0.25) is 9.69 Å². The maximum atomic E-state index is 12.8. The summed E-state index contributed by atoms with van der Waals surface area (Å²) in [6.07, 6.45) is 0. The van der Waals surface area contributed by atoms with Crippen molar-refractivity contribution in [2.45, 2.75) is 20.4 Å². The number of amides is 1. The highest BCUT2D eigenvalue weighted by molar-refractivity contribution is 6.08. The first-order chi connectivity index (χ1) is 15.0. The molecule has 1 aliphatic heterocycles. The molecule has 1 N–H and O–H groups in total. The second kappa shape index (κ2) is 10.9. The van der Waals surface area contributed by atoms with Crippen LogP contribution in [0.3, 0.4) is 0 Å². The predicted octanol–water partition coefficient (Wildman–Crippen LogP) is 3.40. The fourth-order valence-corrected chi connectivity index (χ4v) is 3.60. The molecule has 1 aliphatic rings. The van der Waals surface area contributed by atoms with Crippen LogP contribution < -0.4 is 10.2 Å². The molecular weight excluding hydrogens is 394 g/mol. The lowest BCUT2D eigenvalue weighted by atomic mass is 10.1. The average molecular weight is 426 g/mol. The van der Waals surface area contributed by atoms with Gasteiger partial charge in [-0.15, -0.1) is 0 Å². The van der Waals surface area contributed by atoms with Crippen LogP contribution in [0.4, 0.5) is 11.4 Å². The van der Waals surface area contributed by atoms with E-state index >= 15 is 0 Å². The molecule has 0 aliphatic carbocycles. The van der Waals surface area contributed by atoms with Crippen LogP contribution >= 0.6 is 0 Å². The Hall–Kier alpha value is -2.90. The molecule has 2 aromatic rings. The van der Waals surface area contributed by atoms with Crippen molar-refractivity contribution < 1.29 is 19.1 Å². The number of methoxy groups -OCH3 is 1. The molecular formula is C24H31N3O4. The van der Waals surface area contributed by atoms with Gasteiger partial charge in [-0.25, -0.2) is 4.79 Å². The van der Waals surface area contributed by atoms with Crippen molar-refractivity contribution in [1.29, 1.82) is 0 Å². The van der Waals surface area contributed by atoms with Crippen molar-refractivity contribution in [2.24, 2.45) is 0 Å². The number of anilines is 2. The molecule has 1 heterocycles. The van der Waals surface area contributed by atoms with Gasteiger partial charge in [0.2, 0.25) is 0 Å². The first-order valence-corrected chi connectivity index (χ1v) is 10.7. The highest BCUT2D eigenvalue weighted by atomic mass is 16.5. The van der Waals surface area contributed by atoms with Crippen LogP contribution in [0, 0.1) is 0 Å². The van der Waals surface area contributed by atoms with Gasteiger partial charge in [0, 0.05) is 30.9 Å². The number of ether oxygens (including phenoxy) is 2. The lowest BCUT2D eigenvalue weighted by molar-refractivity contribution is 0.0602. The fourth-order valence-electron chi connectivity index (χ4n) is 3.60. The van der Waals surface area contributed by atoms with E-state index in [0.717, 1.165) is 44.0 Å². The normalized spacial score (nSPS) is 13.9. The van der Waals surface area contributed by atoms with E-state index in [4.69, 9.17) is 9.47 Å². The molecule has 3 rings (SSSR count). The number of esters is 1. The van der Waals surface area contributed by atoms with Gasteiger partial charge in [-0.1, -0.05) is 26.0 Å². The van der Waals surface area contributed by atoms with Gasteiger partial charge in [0.15, 0.2) is 0 Å². The van der Waals surface area contributed by atoms with Gasteiger partial charge < -0.3 is 19.7 Å². The van der Waals surface area contributed by atoms with Crippen molar-refractivity contribution >= 4 is 23.3 Å². The molecule has 0 saturated carbocycles. The summed E-state index contributed by atoms with van der Waals surface area (Å²) >= 11 is 0. The highest BCUT2D eigenvalue weighted by Crippen LogP contribution is 2.25. The summed E-state index contributed by atoms with van der Waals surface area (Å²) in [7, 11) is 1.34. The molecule has 7 nitrogen and oxygen atoms in total. The number of nitrogens with one attached hydrogen (secondary N) is 1. The van der Waals surface area contributed by atoms with Crippen molar-refractivity contribution in [2.75, 3.05) is 56.7 Å². The second-order valence-corrected chi connectivity index (χ2v) is 7.43. The van der Waals surface area contributed by atoms with Gasteiger partial charge in [0.05, 0.1) is 31.6 Å². The van der Waals surface area contributed by atoms with Crippen molar-refractivity contribution in [3.63, 3.8) is 0 Å². The Labute approximate surface area is 183 Å². The number of rotatable bonds is 8. The Bertz CT molecular complexity index is 888. The summed E-state index contributed by atoms with van der Waals surface area (Å²) < 4.78 is 10.3. The maximum absolute atomic E-state index is 12.8. The standard InChI is InChI=1S/C24H31N3O4/c1-4-26(5-2)17-18-6-8-19(9-7-18)23(28)25-22-11-10-20(16-21(22)24(29)30-3)27-12-14-31-15-13-27/h6-11,16H,4-5,12-15,17H2,1-3H3,(H,25,28). The molecule has 0 bridgehead atoms. The van der Waals surface area contributed by atoms with Gasteiger partial charge in [-0.2, -0.15) is 0 Å². The first-order valence-electron chi connectivity index (χ1n) is 10.7. The molecule has 0 unspecified atom stereocenters. The SMILES string of the molecule is CCN(CC)Cc1ccc(C(=O)Nc2ccc(N3CCOCC3)cc2C(=O)OC)cc1. The third kappa shape index (κ3) is 5.83. The summed E-state index contributed by atoms with van der Waals surface area (Å²) in [5.74, 6) is -0.751. The van der Waals surface area contributed by atoms with E-state index < -0.39 is 5.97 Å². The molecule has 1 fully saturated rings. The summed E-state index contributed by atoms with van der Waals surface area (Å²) in [5.41, 5.74) is 3.36. The highest BCUT2D eigenvalue weighted by Gasteiger charge is 2.19. The minimum Gasteiger partial charge on any atom is -0.465 e. The lowest BCUT2D eigenvalue weighted by Gasteiger charge is -2.29. The average Bonchev–Trinajstić information content (AvgIpc) is 2.83. The molecule has 0 atom stereocenters. The Morgan fingerprint density at radius 1 is 1.06 bits per heavy atom. The van der Waals surface area contributed by atoms with Gasteiger partial charge in [-0.05, 0) is 49.0 Å². The van der Waals surface area contributed by atoms with Crippen molar-refractivity contribution in [1.82, 2.24) is 4.90 Å². The summed E-state index contributed by atoms with van der Waals surface area (Å²) in [6, 6.07) is 13.0. The van der Waals surface area contributed by atoms with E-state index in [1.54, 1.807) is 12.1 Å². The lowest BCUT2D eigenvalue weighted by Crippen LogP contribution is -2.36. The number of benzene rings is 2. The van der Waals surface area contributed by atoms with Crippen LogP contribution in [0.1, 0.15) is 40.1 Å². The quantitative estimate of drug-likeness (QED) is 0.654. The number of hydrogen-bond donors (Lipinski definition) is 1. The third-order valence-electron chi connectivity index (χ3n) is 5.55. The number of carbonyl (C=O) groups excluding carboxylic acids is 2. The zero-order valence-corrected chi connectivity index (χ0v) is 18.5. The molecule has 0 radical (unpaired) electrons. The van der Waals surface area contributed by atoms with Crippen LogP contribution in [0.15, 0.2) is 42.5 Å². The van der Waals surface area contributed by atoms with Gasteiger partial charge in [0.1, 0.15) is 0 Å². The van der Waals surface area contributed by atoms with E-state index in [9.17, 15) is 9.59 Å². The van der Waals surface area contributed by atoms with E-state index in [0.29, 0.717) is 30.0 Å². The summed E-state index contributed by atoms with van der Waals surface area (Å²) in [4.78, 5) is 29.6. The van der Waals surface area contributed by atoms with E-state index in [1.807, 2.05) is 30.3 Å². The number of hydrogen-bond acceptors (Lipinski definition) is 6. The number of carbonyl (C=O) groups is 2. The van der Waals surface area contributed by atoms with Crippen LogP contribution in [-0.4, -0.2) is 63.3 Å². The van der Waals surface area contributed by atoms with Gasteiger partial charge >= 0.3 is 5.97 Å². The van der Waals surface area contributed by atoms with Gasteiger partial charge in [0.25, 0.3) is 5.91 Å². The topological polar surface area (TPSA) is 71.1 Å². The molecule has 2 aromatic carbocycles. The first kappa shape index (κ1) is 22.8. The molecule has 31 heavy (non-hydrogen) atoms. The third-order valence-corrected chi connectivity index (χ3v) is 5.55. The number of morpholine rings is 1. The fraction of sp³-hybridized carbons (Fsp3) is 0.417. The minimum atomic E-state index is -0.486.